The number of hydrogen-bond acceptors (Lipinski definition) is 2. The second kappa shape index (κ2) is 2.82. The van der Waals surface area contributed by atoms with Crippen molar-refractivity contribution in [3.63, 3.8) is 0 Å². The lowest BCUT2D eigenvalue weighted by atomic mass is 9.92. The average Bonchev–Trinajstić information content (AvgIpc) is 2.28. The fourth-order valence-corrected chi connectivity index (χ4v) is 0.909. The summed E-state index contributed by atoms with van der Waals surface area (Å²) in [6.45, 7) is 8.95. The number of hydrogen-bond donors (Lipinski definition) is 0. The molecule has 0 aliphatic carbocycles. The van der Waals surface area contributed by atoms with E-state index in [9.17, 15) is 4.39 Å². The van der Waals surface area contributed by atoms with Gasteiger partial charge in [0.15, 0.2) is 5.67 Å². The summed E-state index contributed by atoms with van der Waals surface area (Å²) in [4.78, 5) is 0. The Morgan fingerprint density at radius 1 is 1.23 bits per heavy atom. The lowest BCUT2D eigenvalue weighted by Gasteiger charge is -2.12. The molecule has 0 aliphatic rings. The van der Waals surface area contributed by atoms with Crippen molar-refractivity contribution in [3.05, 3.63) is 17.5 Å². The molecule has 74 valence electrons. The van der Waals surface area contributed by atoms with Gasteiger partial charge in [-0.15, -0.1) is 0 Å². The molecule has 2 nitrogen and oxygen atoms in total. The SMILES string of the molecule is CC(C)(C)c1cc(C(C)(C)F)no1. The molecule has 0 atom stereocenters. The standard InChI is InChI=1S/C10H16FNO/c1-9(2,3)8-6-7(12-13-8)10(4,5)11/h6H,1-5H3. The van der Waals surface area contributed by atoms with E-state index in [-0.39, 0.29) is 5.41 Å². The van der Waals surface area contributed by atoms with E-state index >= 15 is 0 Å². The molecule has 0 radical (unpaired) electrons. The maximum atomic E-state index is 13.4. The van der Waals surface area contributed by atoms with Crippen molar-refractivity contribution in [2.75, 3.05) is 0 Å². The molecular formula is C10H16FNO. The summed E-state index contributed by atoms with van der Waals surface area (Å²) in [5.74, 6) is 0.716. The van der Waals surface area contributed by atoms with E-state index in [1.165, 1.54) is 13.8 Å². The van der Waals surface area contributed by atoms with Crippen molar-refractivity contribution >= 4 is 0 Å². The van der Waals surface area contributed by atoms with Gasteiger partial charge in [-0.1, -0.05) is 25.9 Å². The van der Waals surface area contributed by atoms with Gasteiger partial charge in [-0.05, 0) is 13.8 Å². The van der Waals surface area contributed by atoms with Crippen LogP contribution in [0.25, 0.3) is 0 Å². The lowest BCUT2D eigenvalue weighted by Crippen LogP contribution is -2.11. The minimum absolute atomic E-state index is 0.115. The number of alkyl halides is 1. The van der Waals surface area contributed by atoms with Crippen LogP contribution in [0.2, 0.25) is 0 Å². The Morgan fingerprint density at radius 2 is 1.77 bits per heavy atom. The molecule has 0 aliphatic heterocycles. The Morgan fingerprint density at radius 3 is 2.00 bits per heavy atom. The van der Waals surface area contributed by atoms with Gasteiger partial charge in [0.2, 0.25) is 0 Å². The summed E-state index contributed by atoms with van der Waals surface area (Å²) in [5.41, 5.74) is -1.18. The molecule has 0 saturated carbocycles. The molecule has 0 bridgehead atoms. The van der Waals surface area contributed by atoms with Crippen molar-refractivity contribution in [1.29, 1.82) is 0 Å². The third kappa shape index (κ3) is 2.29. The molecule has 13 heavy (non-hydrogen) atoms. The van der Waals surface area contributed by atoms with Crippen LogP contribution in [-0.4, -0.2) is 5.16 Å². The van der Waals surface area contributed by atoms with E-state index in [1.54, 1.807) is 6.07 Å². The number of nitrogens with zero attached hydrogens (tertiary/aromatic N) is 1. The molecule has 1 rings (SSSR count). The van der Waals surface area contributed by atoms with Crippen molar-refractivity contribution in [1.82, 2.24) is 5.16 Å². The van der Waals surface area contributed by atoms with Crippen molar-refractivity contribution in [2.45, 2.75) is 45.7 Å². The Balaban J connectivity index is 3.01. The topological polar surface area (TPSA) is 26.0 Å². The van der Waals surface area contributed by atoms with Crippen LogP contribution in [0.4, 0.5) is 4.39 Å². The first kappa shape index (κ1) is 10.2. The van der Waals surface area contributed by atoms with Crippen LogP contribution >= 0.6 is 0 Å². The fraction of sp³-hybridized carbons (Fsp3) is 0.700. The van der Waals surface area contributed by atoms with Crippen LogP contribution in [0.1, 0.15) is 46.1 Å². The van der Waals surface area contributed by atoms with E-state index in [1.807, 2.05) is 20.8 Å². The first-order valence-electron chi connectivity index (χ1n) is 4.38. The Bertz CT molecular complexity index is 262. The van der Waals surface area contributed by atoms with Crippen LogP contribution in [0.3, 0.4) is 0 Å². The molecule has 0 aromatic carbocycles. The Kier molecular flexibility index (Phi) is 2.22. The maximum Gasteiger partial charge on any atom is 0.150 e. The number of halogens is 1. The van der Waals surface area contributed by atoms with Gasteiger partial charge in [-0.2, -0.15) is 0 Å². The zero-order chi connectivity index (χ0) is 10.3. The molecule has 3 heteroatoms. The molecule has 0 amide bonds. The maximum absolute atomic E-state index is 13.4. The Hall–Kier alpha value is -0.860. The van der Waals surface area contributed by atoms with Crippen LogP contribution in [0.5, 0.6) is 0 Å². The summed E-state index contributed by atoms with van der Waals surface area (Å²) in [7, 11) is 0. The highest BCUT2D eigenvalue weighted by atomic mass is 19.1. The minimum Gasteiger partial charge on any atom is -0.360 e. The third-order valence-corrected chi connectivity index (χ3v) is 1.86. The first-order valence-corrected chi connectivity index (χ1v) is 4.38. The average molecular weight is 185 g/mol. The molecule has 1 aromatic heterocycles. The highest BCUT2D eigenvalue weighted by Gasteiger charge is 2.27. The van der Waals surface area contributed by atoms with Gasteiger partial charge in [0, 0.05) is 11.5 Å². The second-order valence-electron chi connectivity index (χ2n) is 4.80. The van der Waals surface area contributed by atoms with Crippen LogP contribution < -0.4 is 0 Å². The highest BCUT2D eigenvalue weighted by Crippen LogP contribution is 2.29. The van der Waals surface area contributed by atoms with Gasteiger partial charge in [0.05, 0.1) is 0 Å². The Labute approximate surface area is 78.1 Å². The summed E-state index contributed by atoms with van der Waals surface area (Å²) < 4.78 is 18.5. The molecule has 0 unspecified atom stereocenters. The molecule has 1 heterocycles. The molecule has 0 N–H and O–H groups in total. The van der Waals surface area contributed by atoms with Gasteiger partial charge in [-0.25, -0.2) is 4.39 Å². The molecule has 0 saturated heterocycles. The van der Waals surface area contributed by atoms with E-state index in [2.05, 4.69) is 5.16 Å². The zero-order valence-corrected chi connectivity index (χ0v) is 8.81. The summed E-state index contributed by atoms with van der Waals surface area (Å²) >= 11 is 0. The van der Waals surface area contributed by atoms with Gasteiger partial charge in [-0.3, -0.25) is 0 Å². The quantitative estimate of drug-likeness (QED) is 0.671. The normalized spacial score (nSPS) is 13.4. The first-order chi connectivity index (χ1) is 5.71. The van der Waals surface area contributed by atoms with Crippen LogP contribution in [-0.2, 0) is 11.1 Å². The van der Waals surface area contributed by atoms with Crippen molar-refractivity contribution in [3.8, 4) is 0 Å². The van der Waals surface area contributed by atoms with Gasteiger partial charge in [0.1, 0.15) is 11.5 Å². The highest BCUT2D eigenvalue weighted by molar-refractivity contribution is 5.17. The van der Waals surface area contributed by atoms with Crippen LogP contribution in [0.15, 0.2) is 10.6 Å². The van der Waals surface area contributed by atoms with Crippen LogP contribution in [0, 0.1) is 0 Å². The lowest BCUT2D eigenvalue weighted by molar-refractivity contribution is 0.202. The second-order valence-corrected chi connectivity index (χ2v) is 4.80. The molecule has 0 spiro atoms. The molecular weight excluding hydrogens is 169 g/mol. The monoisotopic (exact) mass is 185 g/mol. The van der Waals surface area contributed by atoms with E-state index in [4.69, 9.17) is 4.52 Å². The summed E-state index contributed by atoms with van der Waals surface area (Å²) in [6, 6.07) is 1.68. The predicted molar refractivity (Wildman–Crippen MR) is 49.3 cm³/mol. The van der Waals surface area contributed by atoms with Gasteiger partial charge >= 0.3 is 0 Å². The van der Waals surface area contributed by atoms with Crippen molar-refractivity contribution < 1.29 is 8.91 Å². The number of aromatic nitrogens is 1. The smallest absolute Gasteiger partial charge is 0.150 e. The van der Waals surface area contributed by atoms with Crippen molar-refractivity contribution in [2.24, 2.45) is 0 Å². The fourth-order valence-electron chi connectivity index (χ4n) is 0.909. The zero-order valence-electron chi connectivity index (χ0n) is 8.81. The van der Waals surface area contributed by atoms with Gasteiger partial charge < -0.3 is 4.52 Å². The number of rotatable bonds is 1. The summed E-state index contributed by atoms with van der Waals surface area (Å²) in [6.07, 6.45) is 0. The summed E-state index contributed by atoms with van der Waals surface area (Å²) in [5, 5.41) is 3.70. The molecule has 1 aromatic rings. The molecule has 0 fully saturated rings. The minimum atomic E-state index is -1.42. The van der Waals surface area contributed by atoms with E-state index in [0.717, 1.165) is 0 Å². The third-order valence-electron chi connectivity index (χ3n) is 1.86. The van der Waals surface area contributed by atoms with E-state index < -0.39 is 5.67 Å². The van der Waals surface area contributed by atoms with Gasteiger partial charge in [0.25, 0.3) is 0 Å². The predicted octanol–water partition coefficient (Wildman–Crippen LogP) is 3.18. The van der Waals surface area contributed by atoms with E-state index in [0.29, 0.717) is 11.5 Å². The largest absolute Gasteiger partial charge is 0.360 e.